The molecule has 28 heavy (non-hydrogen) atoms. The van der Waals surface area contributed by atoms with Crippen molar-refractivity contribution in [2.45, 2.75) is 76.9 Å². The zero-order chi connectivity index (χ0) is 20.9. The number of nitrogens with zero attached hydrogens (tertiary/aromatic N) is 1. The van der Waals surface area contributed by atoms with Crippen LogP contribution in [0.15, 0.2) is 30.3 Å². The van der Waals surface area contributed by atoms with E-state index in [4.69, 9.17) is 14.0 Å². The minimum Gasteiger partial charge on any atom is -0.469 e. The van der Waals surface area contributed by atoms with E-state index in [-0.39, 0.29) is 35.5 Å². The molecule has 6 nitrogen and oxygen atoms in total. The first-order valence-corrected chi connectivity index (χ1v) is 12.7. The van der Waals surface area contributed by atoms with Crippen LogP contribution in [0, 0.1) is 0 Å². The molecular weight excluding hydrogens is 374 g/mol. The highest BCUT2D eigenvalue weighted by atomic mass is 28.4. The van der Waals surface area contributed by atoms with E-state index < -0.39 is 8.32 Å². The number of ether oxygens (including phenoxy) is 1. The number of β-lactam (4-membered cyclic amide) rings is 1. The van der Waals surface area contributed by atoms with Crippen molar-refractivity contribution in [1.82, 2.24) is 5.06 Å². The molecule has 1 aliphatic rings. The molecule has 0 aromatic heterocycles. The average molecular weight is 408 g/mol. The van der Waals surface area contributed by atoms with E-state index in [0.29, 0.717) is 19.4 Å². The summed E-state index contributed by atoms with van der Waals surface area (Å²) in [7, 11) is -0.682. The highest BCUT2D eigenvalue weighted by molar-refractivity contribution is 6.74. The molecule has 1 aromatic rings. The smallest absolute Gasteiger partial charge is 0.308 e. The fourth-order valence-electron chi connectivity index (χ4n) is 2.88. The summed E-state index contributed by atoms with van der Waals surface area (Å²) in [5.41, 5.74) is 1.00. The molecule has 0 radical (unpaired) electrons. The molecule has 1 saturated heterocycles. The average Bonchev–Trinajstić information content (AvgIpc) is 2.60. The molecule has 2 rings (SSSR count). The number of carbonyl (C=O) groups is 2. The molecule has 0 N–H and O–H groups in total. The van der Waals surface area contributed by atoms with Crippen LogP contribution in [0.4, 0.5) is 0 Å². The van der Waals surface area contributed by atoms with Gasteiger partial charge in [-0.1, -0.05) is 51.1 Å². The molecule has 156 valence electrons. The second-order valence-corrected chi connectivity index (χ2v) is 13.6. The molecule has 0 aliphatic carbocycles. The summed E-state index contributed by atoms with van der Waals surface area (Å²) in [6.45, 7) is 11.2. The number of carbonyl (C=O) groups excluding carboxylic acids is 2. The van der Waals surface area contributed by atoms with Crippen molar-refractivity contribution in [2.75, 3.05) is 7.11 Å². The molecular formula is C21H33NO5Si. The van der Waals surface area contributed by atoms with Gasteiger partial charge in [0.05, 0.1) is 32.1 Å². The first-order chi connectivity index (χ1) is 13.0. The van der Waals surface area contributed by atoms with Crippen molar-refractivity contribution < 1.29 is 23.6 Å². The topological polar surface area (TPSA) is 65.1 Å². The number of methoxy groups -OCH3 is 1. The van der Waals surface area contributed by atoms with E-state index in [2.05, 4.69) is 33.9 Å². The minimum absolute atomic E-state index is 0.0281. The second-order valence-electron chi connectivity index (χ2n) is 8.85. The summed E-state index contributed by atoms with van der Waals surface area (Å²) in [4.78, 5) is 29.7. The van der Waals surface area contributed by atoms with Crippen LogP contribution in [-0.2, 0) is 30.2 Å². The zero-order valence-corrected chi connectivity index (χ0v) is 18.9. The summed E-state index contributed by atoms with van der Waals surface area (Å²) in [6.07, 6.45) is 0.852. The first kappa shape index (κ1) is 22.6. The third kappa shape index (κ3) is 5.89. The van der Waals surface area contributed by atoms with Crippen molar-refractivity contribution in [3.8, 4) is 0 Å². The van der Waals surface area contributed by atoms with Crippen LogP contribution in [0.5, 0.6) is 0 Å². The lowest BCUT2D eigenvalue weighted by Crippen LogP contribution is -2.54. The van der Waals surface area contributed by atoms with Gasteiger partial charge in [0.15, 0.2) is 8.32 Å². The lowest BCUT2D eigenvalue weighted by molar-refractivity contribution is -0.236. The van der Waals surface area contributed by atoms with E-state index in [0.717, 1.165) is 5.56 Å². The van der Waals surface area contributed by atoms with Gasteiger partial charge in [-0.05, 0) is 30.1 Å². The number of rotatable bonds is 9. The van der Waals surface area contributed by atoms with Crippen molar-refractivity contribution in [2.24, 2.45) is 0 Å². The maximum atomic E-state index is 12.0. The van der Waals surface area contributed by atoms with Crippen molar-refractivity contribution in [3.05, 3.63) is 35.9 Å². The molecule has 1 fully saturated rings. The van der Waals surface area contributed by atoms with Gasteiger partial charge in [-0.25, -0.2) is 5.06 Å². The predicted molar refractivity (Wildman–Crippen MR) is 110 cm³/mol. The van der Waals surface area contributed by atoms with Gasteiger partial charge in [0, 0.05) is 0 Å². The molecule has 2 atom stereocenters. The molecule has 0 spiro atoms. The quantitative estimate of drug-likeness (QED) is 0.351. The van der Waals surface area contributed by atoms with Crippen LogP contribution < -0.4 is 0 Å². The van der Waals surface area contributed by atoms with E-state index in [1.807, 2.05) is 30.3 Å². The molecule has 7 heteroatoms. The third-order valence-electron chi connectivity index (χ3n) is 5.63. The number of hydrogen-bond acceptors (Lipinski definition) is 5. The van der Waals surface area contributed by atoms with Gasteiger partial charge in [-0.3, -0.25) is 14.4 Å². The fourth-order valence-corrected chi connectivity index (χ4v) is 4.25. The van der Waals surface area contributed by atoms with E-state index in [1.54, 1.807) is 0 Å². The standard InChI is InChI=1S/C21H33NO5Si/c1-21(2,3)28(5,6)27-18(14-20(24)25-4)12-17-13-19(23)22(17)26-15-16-10-8-7-9-11-16/h7-11,17-18H,12-15H2,1-6H3. The second kappa shape index (κ2) is 9.20. The predicted octanol–water partition coefficient (Wildman–Crippen LogP) is 4.06. The van der Waals surface area contributed by atoms with Crippen LogP contribution in [-0.4, -0.2) is 44.5 Å². The van der Waals surface area contributed by atoms with Crippen molar-refractivity contribution >= 4 is 20.2 Å². The summed E-state index contributed by atoms with van der Waals surface area (Å²) in [5.74, 6) is -0.337. The van der Waals surface area contributed by atoms with Gasteiger partial charge in [0.1, 0.15) is 6.61 Å². The molecule has 1 amide bonds. The fraction of sp³-hybridized carbons (Fsp3) is 0.619. The Hall–Kier alpha value is -1.70. The molecule has 0 bridgehead atoms. The number of esters is 1. The van der Waals surface area contributed by atoms with Gasteiger partial charge in [-0.15, -0.1) is 0 Å². The maximum absolute atomic E-state index is 12.0. The Kier molecular flexibility index (Phi) is 7.42. The van der Waals surface area contributed by atoms with Gasteiger partial charge in [-0.2, -0.15) is 0 Å². The molecule has 1 aromatic carbocycles. The Morgan fingerprint density at radius 1 is 1.25 bits per heavy atom. The van der Waals surface area contributed by atoms with Gasteiger partial charge in [0.25, 0.3) is 0 Å². The number of hydrogen-bond donors (Lipinski definition) is 0. The number of benzene rings is 1. The summed E-state index contributed by atoms with van der Waals surface area (Å²) in [6, 6.07) is 9.65. The molecule has 1 aliphatic heterocycles. The Morgan fingerprint density at radius 2 is 1.89 bits per heavy atom. The normalized spacial score (nSPS) is 18.6. The van der Waals surface area contributed by atoms with Gasteiger partial charge >= 0.3 is 5.97 Å². The highest BCUT2D eigenvalue weighted by Crippen LogP contribution is 2.39. The Morgan fingerprint density at radius 3 is 2.43 bits per heavy atom. The first-order valence-electron chi connectivity index (χ1n) is 9.77. The summed E-state index contributed by atoms with van der Waals surface area (Å²) in [5, 5.41) is 1.46. The monoisotopic (exact) mass is 407 g/mol. The molecule has 1 heterocycles. The van der Waals surface area contributed by atoms with Crippen molar-refractivity contribution in [1.29, 1.82) is 0 Å². The van der Waals surface area contributed by atoms with Crippen LogP contribution in [0.1, 0.15) is 45.6 Å². The SMILES string of the molecule is COC(=O)CC(CC1CC(=O)N1OCc1ccccc1)O[Si](C)(C)C(C)(C)C. The Labute approximate surface area is 169 Å². The Bertz CT molecular complexity index is 671. The summed E-state index contributed by atoms with van der Waals surface area (Å²) >= 11 is 0. The minimum atomic E-state index is -2.07. The van der Waals surface area contributed by atoms with Gasteiger partial charge < -0.3 is 9.16 Å². The van der Waals surface area contributed by atoms with Crippen molar-refractivity contribution in [3.63, 3.8) is 0 Å². The lowest BCUT2D eigenvalue weighted by Gasteiger charge is -2.43. The zero-order valence-electron chi connectivity index (χ0n) is 17.9. The largest absolute Gasteiger partial charge is 0.469 e. The Balaban J connectivity index is 2.01. The number of hydroxylamine groups is 2. The van der Waals surface area contributed by atoms with E-state index >= 15 is 0 Å². The van der Waals surface area contributed by atoms with E-state index in [1.165, 1.54) is 12.2 Å². The number of amides is 1. The third-order valence-corrected chi connectivity index (χ3v) is 10.2. The van der Waals surface area contributed by atoms with Crippen LogP contribution >= 0.6 is 0 Å². The van der Waals surface area contributed by atoms with Crippen LogP contribution in [0.3, 0.4) is 0 Å². The lowest BCUT2D eigenvalue weighted by atomic mass is 9.97. The highest BCUT2D eigenvalue weighted by Gasteiger charge is 2.43. The molecule has 0 saturated carbocycles. The molecule has 2 unspecified atom stereocenters. The van der Waals surface area contributed by atoms with Gasteiger partial charge in [0.2, 0.25) is 5.91 Å². The maximum Gasteiger partial charge on any atom is 0.308 e. The van der Waals surface area contributed by atoms with Crippen LogP contribution in [0.2, 0.25) is 18.1 Å². The summed E-state index contributed by atoms with van der Waals surface area (Å²) < 4.78 is 11.3. The van der Waals surface area contributed by atoms with Crippen LogP contribution in [0.25, 0.3) is 0 Å². The van der Waals surface area contributed by atoms with E-state index in [9.17, 15) is 9.59 Å².